The summed E-state index contributed by atoms with van der Waals surface area (Å²) in [4.78, 5) is 24.1. The SMILES string of the molecule is O=C(Cn1nc(-c2ccc(C(F)(F)F)cc2)ccc1=O)NCCc1ccccc1. The average molecular weight is 401 g/mol. The first-order chi connectivity index (χ1) is 13.8. The van der Waals surface area contributed by atoms with E-state index in [1.807, 2.05) is 30.3 Å². The van der Waals surface area contributed by atoms with E-state index in [2.05, 4.69) is 10.4 Å². The van der Waals surface area contributed by atoms with Crippen LogP contribution in [0.25, 0.3) is 11.3 Å². The average Bonchev–Trinajstić information content (AvgIpc) is 2.70. The van der Waals surface area contributed by atoms with Gasteiger partial charge in [0.1, 0.15) is 6.54 Å². The number of aromatic nitrogens is 2. The highest BCUT2D eigenvalue weighted by molar-refractivity contribution is 5.75. The molecule has 3 rings (SSSR count). The second-order valence-corrected chi connectivity index (χ2v) is 6.38. The van der Waals surface area contributed by atoms with Crippen molar-refractivity contribution in [3.05, 3.63) is 88.2 Å². The van der Waals surface area contributed by atoms with Crippen LogP contribution in [0.4, 0.5) is 13.2 Å². The standard InChI is InChI=1S/C21H18F3N3O2/c22-21(23,24)17-8-6-16(7-9-17)18-10-11-20(29)27(26-18)14-19(28)25-13-12-15-4-2-1-3-5-15/h1-11H,12-14H2,(H,25,28). The molecule has 0 aliphatic heterocycles. The van der Waals surface area contributed by atoms with Gasteiger partial charge in [0.15, 0.2) is 0 Å². The molecule has 150 valence electrons. The predicted molar refractivity (Wildman–Crippen MR) is 102 cm³/mol. The maximum absolute atomic E-state index is 12.7. The van der Waals surface area contributed by atoms with Gasteiger partial charge >= 0.3 is 6.18 Å². The minimum Gasteiger partial charge on any atom is -0.354 e. The van der Waals surface area contributed by atoms with Crippen LogP contribution in [0.3, 0.4) is 0 Å². The number of benzene rings is 2. The Bertz CT molecular complexity index is 1030. The minimum absolute atomic E-state index is 0.276. The van der Waals surface area contributed by atoms with Gasteiger partial charge in [-0.25, -0.2) is 4.68 Å². The maximum Gasteiger partial charge on any atom is 0.416 e. The molecule has 1 N–H and O–H groups in total. The Hall–Kier alpha value is -3.42. The van der Waals surface area contributed by atoms with E-state index in [0.717, 1.165) is 22.4 Å². The van der Waals surface area contributed by atoms with E-state index < -0.39 is 17.3 Å². The molecule has 0 atom stereocenters. The molecule has 0 unspecified atom stereocenters. The lowest BCUT2D eigenvalue weighted by Gasteiger charge is -2.10. The van der Waals surface area contributed by atoms with Gasteiger partial charge in [-0.05, 0) is 30.2 Å². The molecule has 0 saturated heterocycles. The van der Waals surface area contributed by atoms with Gasteiger partial charge in [-0.15, -0.1) is 0 Å². The summed E-state index contributed by atoms with van der Waals surface area (Å²) in [6.45, 7) is 0.137. The van der Waals surface area contributed by atoms with Crippen LogP contribution in [0, 0.1) is 0 Å². The molecule has 0 spiro atoms. The number of amides is 1. The van der Waals surface area contributed by atoms with Crippen molar-refractivity contribution in [1.29, 1.82) is 0 Å². The van der Waals surface area contributed by atoms with Crippen molar-refractivity contribution in [3.8, 4) is 11.3 Å². The van der Waals surface area contributed by atoms with Crippen LogP contribution in [0.1, 0.15) is 11.1 Å². The third kappa shape index (κ3) is 5.54. The molecule has 1 aromatic heterocycles. The highest BCUT2D eigenvalue weighted by Gasteiger charge is 2.30. The summed E-state index contributed by atoms with van der Waals surface area (Å²) in [6, 6.07) is 16.7. The van der Waals surface area contributed by atoms with Crippen molar-refractivity contribution in [2.75, 3.05) is 6.54 Å². The Kier molecular flexibility index (Phi) is 6.11. The van der Waals surface area contributed by atoms with Gasteiger partial charge in [-0.3, -0.25) is 9.59 Å². The fourth-order valence-corrected chi connectivity index (χ4v) is 2.73. The second-order valence-electron chi connectivity index (χ2n) is 6.38. The molecule has 1 heterocycles. The molecule has 3 aromatic rings. The van der Waals surface area contributed by atoms with Crippen LogP contribution in [-0.2, 0) is 23.9 Å². The van der Waals surface area contributed by atoms with E-state index in [0.29, 0.717) is 24.2 Å². The largest absolute Gasteiger partial charge is 0.416 e. The zero-order valence-corrected chi connectivity index (χ0v) is 15.3. The highest BCUT2D eigenvalue weighted by Crippen LogP contribution is 2.30. The first kappa shape index (κ1) is 20.3. The molecule has 0 radical (unpaired) electrons. The van der Waals surface area contributed by atoms with E-state index in [1.54, 1.807) is 0 Å². The molecular formula is C21H18F3N3O2. The predicted octanol–water partition coefficient (Wildman–Crippen LogP) is 3.29. The van der Waals surface area contributed by atoms with Gasteiger partial charge in [-0.1, -0.05) is 42.5 Å². The fraction of sp³-hybridized carbons (Fsp3) is 0.190. The van der Waals surface area contributed by atoms with Gasteiger partial charge in [0.25, 0.3) is 5.56 Å². The second kappa shape index (κ2) is 8.72. The van der Waals surface area contributed by atoms with Crippen LogP contribution in [0.15, 0.2) is 71.5 Å². The number of carbonyl (C=O) groups is 1. The summed E-state index contributed by atoms with van der Waals surface area (Å²) in [5, 5.41) is 6.83. The van der Waals surface area contributed by atoms with E-state index in [4.69, 9.17) is 0 Å². The van der Waals surface area contributed by atoms with Gasteiger partial charge in [0.05, 0.1) is 11.3 Å². The number of nitrogens with zero attached hydrogens (tertiary/aromatic N) is 2. The summed E-state index contributed by atoms with van der Waals surface area (Å²) >= 11 is 0. The van der Waals surface area contributed by atoms with Crippen LogP contribution in [0.5, 0.6) is 0 Å². The first-order valence-corrected chi connectivity index (χ1v) is 8.89. The van der Waals surface area contributed by atoms with Crippen LogP contribution >= 0.6 is 0 Å². The van der Waals surface area contributed by atoms with Gasteiger partial charge < -0.3 is 5.32 Å². The highest BCUT2D eigenvalue weighted by atomic mass is 19.4. The van der Waals surface area contributed by atoms with Crippen LogP contribution in [-0.4, -0.2) is 22.2 Å². The Morgan fingerprint density at radius 2 is 1.66 bits per heavy atom. The number of hydrogen-bond acceptors (Lipinski definition) is 3. The monoisotopic (exact) mass is 401 g/mol. The van der Waals surface area contributed by atoms with E-state index in [9.17, 15) is 22.8 Å². The molecule has 0 aliphatic carbocycles. The molecule has 1 amide bonds. The lowest BCUT2D eigenvalue weighted by Crippen LogP contribution is -2.34. The van der Waals surface area contributed by atoms with Gasteiger partial charge in [0, 0.05) is 18.2 Å². The number of carbonyl (C=O) groups excluding carboxylic acids is 1. The van der Waals surface area contributed by atoms with Crippen molar-refractivity contribution >= 4 is 5.91 Å². The maximum atomic E-state index is 12.7. The lowest BCUT2D eigenvalue weighted by molar-refractivity contribution is -0.137. The zero-order chi connectivity index (χ0) is 20.9. The fourth-order valence-electron chi connectivity index (χ4n) is 2.73. The number of nitrogens with one attached hydrogen (secondary N) is 1. The van der Waals surface area contributed by atoms with Gasteiger partial charge in [-0.2, -0.15) is 18.3 Å². The summed E-state index contributed by atoms with van der Waals surface area (Å²) in [5.41, 5.74) is 0.547. The first-order valence-electron chi connectivity index (χ1n) is 8.89. The normalized spacial score (nSPS) is 11.3. The molecule has 0 aliphatic rings. The Morgan fingerprint density at radius 3 is 2.31 bits per heavy atom. The van der Waals surface area contributed by atoms with Crippen molar-refractivity contribution in [2.45, 2.75) is 19.1 Å². The molecule has 29 heavy (non-hydrogen) atoms. The summed E-state index contributed by atoms with van der Waals surface area (Å²) < 4.78 is 39.1. The topological polar surface area (TPSA) is 64.0 Å². The molecule has 0 fully saturated rings. The molecule has 8 heteroatoms. The van der Waals surface area contributed by atoms with E-state index in [1.165, 1.54) is 24.3 Å². The van der Waals surface area contributed by atoms with E-state index in [-0.39, 0.29) is 12.5 Å². The lowest BCUT2D eigenvalue weighted by atomic mass is 10.1. The number of rotatable bonds is 6. The van der Waals surface area contributed by atoms with Crippen LogP contribution in [0.2, 0.25) is 0 Å². The molecular weight excluding hydrogens is 383 g/mol. The summed E-state index contributed by atoms with van der Waals surface area (Å²) in [7, 11) is 0. The van der Waals surface area contributed by atoms with Crippen molar-refractivity contribution in [2.24, 2.45) is 0 Å². The summed E-state index contributed by atoms with van der Waals surface area (Å²) in [6.07, 6.45) is -3.77. The Labute approximate surface area is 164 Å². The van der Waals surface area contributed by atoms with Crippen LogP contribution < -0.4 is 10.9 Å². The smallest absolute Gasteiger partial charge is 0.354 e. The molecule has 2 aromatic carbocycles. The van der Waals surface area contributed by atoms with Crippen molar-refractivity contribution in [3.63, 3.8) is 0 Å². The van der Waals surface area contributed by atoms with Gasteiger partial charge in [0.2, 0.25) is 5.91 Å². The minimum atomic E-state index is -4.43. The third-order valence-electron chi connectivity index (χ3n) is 4.25. The quantitative estimate of drug-likeness (QED) is 0.690. The Balaban J connectivity index is 1.65. The van der Waals surface area contributed by atoms with E-state index >= 15 is 0 Å². The van der Waals surface area contributed by atoms with Crippen molar-refractivity contribution < 1.29 is 18.0 Å². The zero-order valence-electron chi connectivity index (χ0n) is 15.3. The molecule has 0 saturated carbocycles. The number of hydrogen-bond donors (Lipinski definition) is 1. The molecule has 5 nitrogen and oxygen atoms in total. The number of halogens is 3. The third-order valence-corrected chi connectivity index (χ3v) is 4.25. The number of alkyl halides is 3. The Morgan fingerprint density at radius 1 is 0.966 bits per heavy atom. The summed E-state index contributed by atoms with van der Waals surface area (Å²) in [5.74, 6) is -0.375. The molecule has 0 bridgehead atoms. The van der Waals surface area contributed by atoms with Crippen molar-refractivity contribution in [1.82, 2.24) is 15.1 Å².